The van der Waals surface area contributed by atoms with Crippen molar-refractivity contribution in [2.24, 2.45) is 0 Å². The maximum Gasteiger partial charge on any atom is 0.258 e. The van der Waals surface area contributed by atoms with Crippen LogP contribution in [0.15, 0.2) is 207 Å². The summed E-state index contributed by atoms with van der Waals surface area (Å²) in [4.78, 5) is 64.5. The first kappa shape index (κ1) is 63.8. The van der Waals surface area contributed by atoms with Crippen molar-refractivity contribution in [1.29, 1.82) is 0 Å². The van der Waals surface area contributed by atoms with E-state index < -0.39 is 24.4 Å². The molecule has 7 aromatic carbocycles. The number of aliphatic hydroxyl groups is 3. The van der Waals surface area contributed by atoms with E-state index in [4.69, 9.17) is 15.1 Å². The van der Waals surface area contributed by atoms with Crippen LogP contribution in [0.1, 0.15) is 111 Å². The van der Waals surface area contributed by atoms with Gasteiger partial charge in [-0.1, -0.05) is 175 Å². The van der Waals surface area contributed by atoms with Gasteiger partial charge < -0.3 is 45.3 Å². The lowest BCUT2D eigenvalue weighted by Gasteiger charge is -2.39. The lowest BCUT2D eigenvalue weighted by Crippen LogP contribution is -2.47. The van der Waals surface area contributed by atoms with Crippen LogP contribution in [-0.2, 0) is 17.9 Å². The summed E-state index contributed by atoms with van der Waals surface area (Å²) in [7, 11) is 3.88. The van der Waals surface area contributed by atoms with Gasteiger partial charge in [-0.15, -0.1) is 0 Å². The Hall–Kier alpha value is -9.68. The monoisotopic (exact) mass is 1200 g/mol. The Morgan fingerprint density at radius 3 is 1.43 bits per heavy atom. The fraction of sp³-hybridized carbons (Fsp3) is 0.264. The number of rotatable bonds is 18. The van der Waals surface area contributed by atoms with E-state index in [1.807, 2.05) is 157 Å². The number of aryl methyl sites for hydroxylation is 1. The summed E-state index contributed by atoms with van der Waals surface area (Å²) in [5.41, 5.74) is 9.12. The highest BCUT2D eigenvalue weighted by molar-refractivity contribution is 6.01. The predicted octanol–water partition coefficient (Wildman–Crippen LogP) is 11.6. The third kappa shape index (κ3) is 16.9. The molecule has 2 aliphatic rings. The smallest absolute Gasteiger partial charge is 0.258 e. The number of aliphatic hydroxyl groups excluding tert-OH is 3. The van der Waals surface area contributed by atoms with Crippen LogP contribution in [0, 0.1) is 12.7 Å². The van der Waals surface area contributed by atoms with E-state index in [-0.39, 0.29) is 36.0 Å². The lowest BCUT2D eigenvalue weighted by atomic mass is 9.91. The van der Waals surface area contributed by atoms with Crippen LogP contribution in [0.5, 0.6) is 5.75 Å². The van der Waals surface area contributed by atoms with E-state index in [0.717, 1.165) is 65.5 Å². The maximum atomic E-state index is 14.1. The minimum Gasteiger partial charge on any atom is -0.508 e. The zero-order valence-electron chi connectivity index (χ0n) is 50.3. The average molecular weight is 1200 g/mol. The highest BCUT2D eigenvalue weighted by Crippen LogP contribution is 2.35. The van der Waals surface area contributed by atoms with Crippen molar-refractivity contribution in [2.75, 3.05) is 43.5 Å². The lowest BCUT2D eigenvalue weighted by molar-refractivity contribution is -0.110. The first-order valence-corrected chi connectivity index (χ1v) is 30.1. The molecule has 0 saturated carbocycles. The van der Waals surface area contributed by atoms with E-state index in [9.17, 15) is 34.1 Å². The molecule has 17 heteroatoms. The second-order valence-electron chi connectivity index (χ2n) is 22.4. The van der Waals surface area contributed by atoms with Crippen LogP contribution in [-0.4, -0.2) is 114 Å². The minimum absolute atomic E-state index is 0.0997. The number of halogens is 1. The Bertz CT molecular complexity index is 3490. The van der Waals surface area contributed by atoms with Crippen LogP contribution < -0.4 is 15.1 Å². The van der Waals surface area contributed by atoms with E-state index >= 15 is 0 Å². The van der Waals surface area contributed by atoms with Gasteiger partial charge in [-0.2, -0.15) is 0 Å². The summed E-state index contributed by atoms with van der Waals surface area (Å²) in [5, 5.41) is 43.4. The number of hydrogen-bond donors (Lipinski definition) is 5. The third-order valence-corrected chi connectivity index (χ3v) is 15.9. The number of aromatic hydroxyl groups is 1. The number of nitrogens with zero attached hydrogens (tertiary/aromatic N) is 8. The van der Waals surface area contributed by atoms with Crippen molar-refractivity contribution in [2.45, 2.75) is 88.9 Å². The van der Waals surface area contributed by atoms with E-state index in [1.165, 1.54) is 24.3 Å². The van der Waals surface area contributed by atoms with Crippen LogP contribution in [0.4, 0.5) is 16.3 Å². The molecule has 89 heavy (non-hydrogen) atoms. The Balaban J connectivity index is 0.000000176. The second-order valence-corrected chi connectivity index (χ2v) is 22.4. The van der Waals surface area contributed by atoms with Crippen LogP contribution in [0.25, 0.3) is 22.5 Å². The van der Waals surface area contributed by atoms with Crippen LogP contribution in [0.3, 0.4) is 0 Å². The molecule has 5 N–H and O–H groups in total. The number of carbonyl (C=O) groups is 3. The summed E-state index contributed by atoms with van der Waals surface area (Å²) >= 11 is 0. The molecule has 458 valence electrons. The molecule has 0 aliphatic carbocycles. The number of likely N-dealkylation sites (tertiary alicyclic amines) is 2. The highest BCUT2D eigenvalue weighted by Gasteiger charge is 2.37. The number of hydrogen-bond acceptors (Lipinski definition) is 13. The fourth-order valence-electron chi connectivity index (χ4n) is 11.2. The molecular formula is C72H76FN9O7. The first-order chi connectivity index (χ1) is 43.3. The molecule has 11 rings (SSSR count). The average Bonchev–Trinajstić information content (AvgIpc) is 3.61. The van der Waals surface area contributed by atoms with Crippen molar-refractivity contribution < 1.29 is 39.2 Å². The van der Waals surface area contributed by atoms with E-state index in [1.54, 1.807) is 41.6 Å². The summed E-state index contributed by atoms with van der Waals surface area (Å²) in [5.74, 6) is 0.455. The van der Waals surface area contributed by atoms with Gasteiger partial charge in [0.15, 0.2) is 0 Å². The van der Waals surface area contributed by atoms with Gasteiger partial charge in [-0.25, -0.2) is 24.3 Å². The number of nitrogens with one attached hydrogen (secondary N) is 1. The quantitative estimate of drug-likeness (QED) is 0.0507. The Morgan fingerprint density at radius 2 is 1.00 bits per heavy atom. The van der Waals surface area contributed by atoms with Gasteiger partial charge >= 0.3 is 0 Å². The molecule has 16 nitrogen and oxygen atoms in total. The number of phenols is 1. The van der Waals surface area contributed by atoms with Crippen molar-refractivity contribution in [1.82, 2.24) is 35.1 Å². The van der Waals surface area contributed by atoms with Crippen molar-refractivity contribution in [3.05, 3.63) is 257 Å². The fourth-order valence-corrected chi connectivity index (χ4v) is 11.2. The van der Waals surface area contributed by atoms with E-state index in [2.05, 4.69) is 39.6 Å². The second kappa shape index (κ2) is 31.3. The van der Waals surface area contributed by atoms with Gasteiger partial charge in [0.2, 0.25) is 18.3 Å². The standard InChI is InChI=1S/C32H34N4O2.C31H31FN4O2.C9H11NO3/c1-23-16-18-26(19-17-23)30(37)28-15-9-10-20-36(28)31(38)27-21-33-32(34-29(27)25-13-7-4-8-14-25)35(2)22-24-11-5-3-6-12-24;1-35(21-22-10-4-2-5-11-22)31-33-20-26(28(34-31)23-12-6-3-7-13-23)30(38)36-19-9-8-14-27(36)29(37)24-15-17-25(32)18-16-24;11-6-10-5-9(13)7-2-1-3-8(12)4-7/h3-8,11-14,16-19,21,28,30,37H,9-10,15,20,22H2,1-2H3;2-7,10-13,15-18,20,27,29,37H,8-9,14,19,21H2,1H3;1-4,6,9,12-13H,5H2,(H,10,11). The highest BCUT2D eigenvalue weighted by atomic mass is 19.1. The molecule has 0 bridgehead atoms. The van der Waals surface area contributed by atoms with Gasteiger partial charge in [0.1, 0.15) is 11.6 Å². The summed E-state index contributed by atoms with van der Waals surface area (Å²) < 4.78 is 13.5. The molecule has 0 radical (unpaired) electrons. The number of amides is 3. The maximum absolute atomic E-state index is 14.1. The first-order valence-electron chi connectivity index (χ1n) is 30.1. The van der Waals surface area contributed by atoms with Gasteiger partial charge in [0, 0.05) is 70.3 Å². The van der Waals surface area contributed by atoms with Crippen molar-refractivity contribution in [3.63, 3.8) is 0 Å². The molecule has 2 aliphatic heterocycles. The predicted molar refractivity (Wildman–Crippen MR) is 344 cm³/mol. The Morgan fingerprint density at radius 1 is 0.573 bits per heavy atom. The number of anilines is 2. The van der Waals surface area contributed by atoms with Crippen molar-refractivity contribution >= 4 is 30.1 Å². The number of benzene rings is 7. The molecule has 0 spiro atoms. The van der Waals surface area contributed by atoms with Gasteiger partial charge in [0.25, 0.3) is 11.8 Å². The molecule has 2 saturated heterocycles. The number of carbonyl (C=O) groups excluding carboxylic acids is 3. The molecule has 4 heterocycles. The van der Waals surface area contributed by atoms with Crippen LogP contribution >= 0.6 is 0 Å². The molecular weight excluding hydrogens is 1120 g/mol. The Labute approximate surface area is 519 Å². The normalized spacial score (nSPS) is 15.6. The third-order valence-electron chi connectivity index (χ3n) is 15.9. The molecule has 2 fully saturated rings. The summed E-state index contributed by atoms with van der Waals surface area (Å²) in [6, 6.07) is 58.9. The minimum atomic E-state index is -0.919. The Kier molecular flexibility index (Phi) is 22.4. The summed E-state index contributed by atoms with van der Waals surface area (Å²) in [6.45, 7) is 4.56. The zero-order valence-corrected chi connectivity index (χ0v) is 50.3. The largest absolute Gasteiger partial charge is 0.508 e. The number of phenolic OH excluding ortho intramolecular Hbond substituents is 1. The molecule has 5 atom stereocenters. The SMILES string of the molecule is CN(Cc1ccccc1)c1ncc(C(=O)N2CCCCC2C(O)c2ccc(F)cc2)c(-c2ccccc2)n1.Cc1ccc(C(O)C2CCCCN2C(=O)c2cnc(N(C)Cc3ccccc3)nc2-c2ccccc2)cc1.O=CNCC(O)c1cccc(O)c1. The van der Waals surface area contributed by atoms with Crippen molar-refractivity contribution in [3.8, 4) is 28.3 Å². The van der Waals surface area contributed by atoms with Gasteiger partial charge in [-0.3, -0.25) is 14.4 Å². The zero-order chi connectivity index (χ0) is 62.7. The molecule has 3 amide bonds. The molecule has 9 aromatic rings. The van der Waals surface area contributed by atoms with Gasteiger partial charge in [-0.05, 0) is 97.5 Å². The van der Waals surface area contributed by atoms with E-state index in [0.29, 0.717) is 84.5 Å². The number of aromatic nitrogens is 4. The van der Waals surface area contributed by atoms with Crippen LogP contribution in [0.2, 0.25) is 0 Å². The van der Waals surface area contributed by atoms with Gasteiger partial charge in [0.05, 0.1) is 52.9 Å². The molecule has 2 aromatic heterocycles. The summed E-state index contributed by atoms with van der Waals surface area (Å²) in [6.07, 6.45) is 6.35. The number of piperidine rings is 2. The molecule has 5 unspecified atom stereocenters. The topological polar surface area (TPSA) is 209 Å².